The highest BCUT2D eigenvalue weighted by molar-refractivity contribution is 5.44. The summed E-state index contributed by atoms with van der Waals surface area (Å²) in [5.41, 5.74) is 1.73. The van der Waals surface area contributed by atoms with E-state index in [1.807, 2.05) is 19.2 Å². The van der Waals surface area contributed by atoms with Crippen LogP contribution in [0.3, 0.4) is 0 Å². The molecule has 0 saturated heterocycles. The third-order valence-corrected chi connectivity index (χ3v) is 3.58. The third-order valence-electron chi connectivity index (χ3n) is 3.58. The molecule has 1 fully saturated rings. The Morgan fingerprint density at radius 2 is 2.00 bits per heavy atom. The fraction of sp³-hybridized carbons (Fsp3) is 0.571. The smallest absolute Gasteiger partial charge is 0.128 e. The van der Waals surface area contributed by atoms with Gasteiger partial charge in [-0.3, -0.25) is 0 Å². The maximum Gasteiger partial charge on any atom is 0.128 e. The summed E-state index contributed by atoms with van der Waals surface area (Å²) in [6, 6.07) is 5.48. The predicted molar refractivity (Wildman–Crippen MR) is 66.2 cm³/mol. The van der Waals surface area contributed by atoms with Gasteiger partial charge >= 0.3 is 0 Å². The number of benzene rings is 1. The van der Waals surface area contributed by atoms with Crippen molar-refractivity contribution in [2.75, 3.05) is 12.4 Å². The van der Waals surface area contributed by atoms with E-state index in [0.29, 0.717) is 5.92 Å². The largest absolute Gasteiger partial charge is 0.388 e. The summed E-state index contributed by atoms with van der Waals surface area (Å²) in [6.45, 7) is 0. The first kappa shape index (κ1) is 11.4. The molecule has 0 bridgehead atoms. The lowest BCUT2D eigenvalue weighted by Crippen LogP contribution is -2.10. The highest BCUT2D eigenvalue weighted by atomic mass is 19.1. The molecule has 1 saturated carbocycles. The average molecular weight is 221 g/mol. The molecule has 0 radical (unpaired) electrons. The zero-order chi connectivity index (χ0) is 11.4. The molecule has 2 heteroatoms. The maximum atomic E-state index is 13.8. The van der Waals surface area contributed by atoms with Gasteiger partial charge < -0.3 is 5.32 Å². The molecule has 1 N–H and O–H groups in total. The summed E-state index contributed by atoms with van der Waals surface area (Å²) in [5, 5.41) is 2.96. The molecule has 0 amide bonds. The second kappa shape index (κ2) is 5.33. The number of hydrogen-bond donors (Lipinski definition) is 1. The summed E-state index contributed by atoms with van der Waals surface area (Å²) < 4.78 is 13.8. The Morgan fingerprint density at radius 3 is 2.62 bits per heavy atom. The van der Waals surface area contributed by atoms with Gasteiger partial charge in [0.1, 0.15) is 5.82 Å². The summed E-state index contributed by atoms with van der Waals surface area (Å²) in [7, 11) is 1.82. The van der Waals surface area contributed by atoms with Crippen molar-refractivity contribution in [3.8, 4) is 0 Å². The third kappa shape index (κ3) is 2.75. The predicted octanol–water partition coefficient (Wildman–Crippen LogP) is 3.99. The molecule has 0 heterocycles. The lowest BCUT2D eigenvalue weighted by molar-refractivity contribution is 0.353. The van der Waals surface area contributed by atoms with Crippen LogP contribution in [0.2, 0.25) is 0 Å². The molecule has 1 aromatic carbocycles. The van der Waals surface area contributed by atoms with E-state index >= 15 is 0 Å². The van der Waals surface area contributed by atoms with Crippen LogP contribution in [0, 0.1) is 11.7 Å². The van der Waals surface area contributed by atoms with Crippen LogP contribution in [0.25, 0.3) is 0 Å². The van der Waals surface area contributed by atoms with Crippen molar-refractivity contribution in [2.45, 2.75) is 38.5 Å². The zero-order valence-corrected chi connectivity index (χ0v) is 9.93. The molecule has 16 heavy (non-hydrogen) atoms. The monoisotopic (exact) mass is 221 g/mol. The Morgan fingerprint density at radius 1 is 1.25 bits per heavy atom. The van der Waals surface area contributed by atoms with Gasteiger partial charge in [-0.15, -0.1) is 0 Å². The molecular weight excluding hydrogens is 201 g/mol. The second-order valence-electron chi connectivity index (χ2n) is 4.76. The molecule has 0 unspecified atom stereocenters. The molecule has 1 aliphatic rings. The van der Waals surface area contributed by atoms with Crippen LogP contribution in [-0.4, -0.2) is 7.05 Å². The zero-order valence-electron chi connectivity index (χ0n) is 9.93. The number of anilines is 1. The summed E-state index contributed by atoms with van der Waals surface area (Å²) in [6.07, 6.45) is 7.45. The fourth-order valence-corrected chi connectivity index (χ4v) is 2.57. The molecule has 0 aliphatic heterocycles. The van der Waals surface area contributed by atoms with Crippen molar-refractivity contribution >= 4 is 5.69 Å². The van der Waals surface area contributed by atoms with Crippen LogP contribution in [0.1, 0.15) is 37.7 Å². The first-order valence-electron chi connectivity index (χ1n) is 6.26. The summed E-state index contributed by atoms with van der Waals surface area (Å²) in [4.78, 5) is 0. The Hall–Kier alpha value is -1.05. The lowest BCUT2D eigenvalue weighted by atomic mass is 9.85. The van der Waals surface area contributed by atoms with E-state index in [1.54, 1.807) is 6.07 Å². The minimum atomic E-state index is -0.0579. The Kier molecular flexibility index (Phi) is 3.81. The van der Waals surface area contributed by atoms with E-state index in [1.165, 1.54) is 32.1 Å². The fourth-order valence-electron chi connectivity index (χ4n) is 2.57. The van der Waals surface area contributed by atoms with Gasteiger partial charge in [0.2, 0.25) is 0 Å². The first-order valence-corrected chi connectivity index (χ1v) is 6.26. The maximum absolute atomic E-state index is 13.8. The van der Waals surface area contributed by atoms with Crippen molar-refractivity contribution in [3.63, 3.8) is 0 Å². The first-order chi connectivity index (χ1) is 7.79. The van der Waals surface area contributed by atoms with Crippen molar-refractivity contribution in [1.82, 2.24) is 0 Å². The highest BCUT2D eigenvalue weighted by Crippen LogP contribution is 2.28. The van der Waals surface area contributed by atoms with Crippen LogP contribution in [0.15, 0.2) is 18.2 Å². The van der Waals surface area contributed by atoms with Gasteiger partial charge in [0.15, 0.2) is 0 Å². The van der Waals surface area contributed by atoms with Gasteiger partial charge in [-0.05, 0) is 30.0 Å². The van der Waals surface area contributed by atoms with E-state index in [2.05, 4.69) is 5.32 Å². The molecule has 2 rings (SSSR count). The molecule has 88 valence electrons. The van der Waals surface area contributed by atoms with Crippen LogP contribution in [0.5, 0.6) is 0 Å². The normalized spacial score (nSPS) is 17.4. The summed E-state index contributed by atoms with van der Waals surface area (Å²) >= 11 is 0. The molecule has 0 spiro atoms. The topological polar surface area (TPSA) is 12.0 Å². The number of halogens is 1. The lowest BCUT2D eigenvalue weighted by Gasteiger charge is -2.21. The average Bonchev–Trinajstić information content (AvgIpc) is 2.33. The van der Waals surface area contributed by atoms with E-state index in [9.17, 15) is 4.39 Å². The van der Waals surface area contributed by atoms with Crippen LogP contribution < -0.4 is 5.32 Å². The summed E-state index contributed by atoms with van der Waals surface area (Å²) in [5.74, 6) is 0.640. The Bertz CT molecular complexity index is 343. The molecule has 1 aliphatic carbocycles. The number of rotatable bonds is 3. The highest BCUT2D eigenvalue weighted by Gasteiger charge is 2.15. The molecule has 0 aromatic heterocycles. The Balaban J connectivity index is 2.03. The minimum absolute atomic E-state index is 0.0579. The molecular formula is C14H20FN. The van der Waals surface area contributed by atoms with Gasteiger partial charge in [-0.25, -0.2) is 4.39 Å². The quantitative estimate of drug-likeness (QED) is 0.813. The van der Waals surface area contributed by atoms with Crippen LogP contribution in [-0.2, 0) is 6.42 Å². The second-order valence-corrected chi connectivity index (χ2v) is 4.76. The van der Waals surface area contributed by atoms with Crippen LogP contribution >= 0.6 is 0 Å². The van der Waals surface area contributed by atoms with Crippen molar-refractivity contribution in [1.29, 1.82) is 0 Å². The minimum Gasteiger partial charge on any atom is -0.388 e. The number of nitrogens with one attached hydrogen (secondary N) is 1. The van der Waals surface area contributed by atoms with Crippen LogP contribution in [0.4, 0.5) is 10.1 Å². The van der Waals surface area contributed by atoms with E-state index < -0.39 is 0 Å². The van der Waals surface area contributed by atoms with Crippen molar-refractivity contribution < 1.29 is 4.39 Å². The van der Waals surface area contributed by atoms with E-state index in [0.717, 1.165) is 17.7 Å². The van der Waals surface area contributed by atoms with E-state index in [-0.39, 0.29) is 5.82 Å². The van der Waals surface area contributed by atoms with Gasteiger partial charge in [-0.1, -0.05) is 38.2 Å². The van der Waals surface area contributed by atoms with Crippen molar-refractivity contribution in [3.05, 3.63) is 29.6 Å². The van der Waals surface area contributed by atoms with Gasteiger partial charge in [0.05, 0.1) is 0 Å². The molecule has 1 aromatic rings. The van der Waals surface area contributed by atoms with E-state index in [4.69, 9.17) is 0 Å². The SMILES string of the molecule is CNc1ccc(CC2CCCCC2)c(F)c1. The Labute approximate surface area is 97.1 Å². The van der Waals surface area contributed by atoms with Gasteiger partial charge in [0.25, 0.3) is 0 Å². The molecule has 1 nitrogen and oxygen atoms in total. The standard InChI is InChI=1S/C14H20FN/c1-16-13-8-7-12(14(15)10-13)9-11-5-3-2-4-6-11/h7-8,10-11,16H,2-6,9H2,1H3. The number of hydrogen-bond acceptors (Lipinski definition) is 1. The van der Waals surface area contributed by atoms with Gasteiger partial charge in [-0.2, -0.15) is 0 Å². The van der Waals surface area contributed by atoms with Crippen molar-refractivity contribution in [2.24, 2.45) is 5.92 Å². The van der Waals surface area contributed by atoms with Gasteiger partial charge in [0, 0.05) is 12.7 Å². The molecule has 0 atom stereocenters.